The Balaban J connectivity index is 2.39. The van der Waals surface area contributed by atoms with Crippen LogP contribution in [0.5, 0.6) is 0 Å². The van der Waals surface area contributed by atoms with E-state index in [4.69, 9.17) is 0 Å². The predicted octanol–water partition coefficient (Wildman–Crippen LogP) is 6.31. The Bertz CT molecular complexity index is 187. The standard InChI is InChI=1S/C15H30S2/c1-4-6-8-9-12-15(3,11-7-5-2)14-10-13-16-17-14/h14H,4-13H2,1-3H3. The summed E-state index contributed by atoms with van der Waals surface area (Å²) >= 11 is 0. The average molecular weight is 275 g/mol. The van der Waals surface area contributed by atoms with E-state index in [1.807, 2.05) is 0 Å². The summed E-state index contributed by atoms with van der Waals surface area (Å²) in [7, 11) is 4.28. The molecule has 1 aliphatic heterocycles. The van der Waals surface area contributed by atoms with Crippen LogP contribution in [0.25, 0.3) is 0 Å². The largest absolute Gasteiger partial charge is 0.0938 e. The molecule has 0 radical (unpaired) electrons. The molecule has 2 unspecified atom stereocenters. The van der Waals surface area contributed by atoms with Crippen LogP contribution < -0.4 is 0 Å². The molecule has 2 atom stereocenters. The molecule has 2 heteroatoms. The molecule has 0 aromatic rings. The molecule has 1 heterocycles. The van der Waals surface area contributed by atoms with E-state index in [0.29, 0.717) is 5.41 Å². The zero-order valence-corrected chi connectivity index (χ0v) is 13.6. The van der Waals surface area contributed by atoms with Crippen LogP contribution in [0.2, 0.25) is 0 Å². The molecular formula is C15H30S2. The van der Waals surface area contributed by atoms with Gasteiger partial charge in [0.1, 0.15) is 0 Å². The molecular weight excluding hydrogens is 244 g/mol. The molecule has 17 heavy (non-hydrogen) atoms. The summed E-state index contributed by atoms with van der Waals surface area (Å²) in [5.41, 5.74) is 0.623. The van der Waals surface area contributed by atoms with Crippen molar-refractivity contribution in [2.45, 2.75) is 83.8 Å². The number of unbranched alkanes of at least 4 members (excludes halogenated alkanes) is 4. The van der Waals surface area contributed by atoms with Gasteiger partial charge in [-0.1, -0.05) is 80.9 Å². The summed E-state index contributed by atoms with van der Waals surface area (Å²) in [5.74, 6) is 1.38. The van der Waals surface area contributed by atoms with E-state index in [9.17, 15) is 0 Å². The first kappa shape index (κ1) is 15.8. The lowest BCUT2D eigenvalue weighted by Gasteiger charge is -2.35. The van der Waals surface area contributed by atoms with E-state index in [0.717, 1.165) is 5.25 Å². The first-order valence-corrected chi connectivity index (χ1v) is 9.89. The number of rotatable bonds is 9. The highest BCUT2D eigenvalue weighted by Gasteiger charge is 2.35. The first-order chi connectivity index (χ1) is 8.23. The van der Waals surface area contributed by atoms with Crippen LogP contribution in [0, 0.1) is 5.41 Å². The normalized spacial score (nSPS) is 23.8. The third kappa shape index (κ3) is 5.46. The third-order valence-corrected chi connectivity index (χ3v) is 7.31. The predicted molar refractivity (Wildman–Crippen MR) is 84.8 cm³/mol. The molecule has 0 N–H and O–H groups in total. The molecule has 1 saturated heterocycles. The Morgan fingerprint density at radius 1 is 1.00 bits per heavy atom. The minimum Gasteiger partial charge on any atom is -0.0938 e. The first-order valence-electron chi connectivity index (χ1n) is 7.51. The van der Waals surface area contributed by atoms with E-state index < -0.39 is 0 Å². The van der Waals surface area contributed by atoms with Crippen LogP contribution in [0.15, 0.2) is 0 Å². The van der Waals surface area contributed by atoms with E-state index in [2.05, 4.69) is 42.4 Å². The summed E-state index contributed by atoms with van der Waals surface area (Å²) in [5, 5.41) is 0.931. The second-order valence-corrected chi connectivity index (χ2v) is 8.45. The van der Waals surface area contributed by atoms with Crippen LogP contribution in [0.3, 0.4) is 0 Å². The van der Waals surface area contributed by atoms with Gasteiger partial charge >= 0.3 is 0 Å². The molecule has 1 fully saturated rings. The Hall–Kier alpha value is 0.700. The summed E-state index contributed by atoms with van der Waals surface area (Å²) in [6.45, 7) is 7.20. The van der Waals surface area contributed by atoms with Gasteiger partial charge in [-0.2, -0.15) is 0 Å². The van der Waals surface area contributed by atoms with Crippen molar-refractivity contribution in [1.82, 2.24) is 0 Å². The summed E-state index contributed by atoms with van der Waals surface area (Å²) in [6.07, 6.45) is 12.8. The Kier molecular flexibility index (Phi) is 8.10. The molecule has 0 nitrogen and oxygen atoms in total. The highest BCUT2D eigenvalue weighted by Crippen LogP contribution is 2.50. The van der Waals surface area contributed by atoms with E-state index in [1.54, 1.807) is 0 Å². The lowest BCUT2D eigenvalue weighted by molar-refractivity contribution is 0.243. The fraction of sp³-hybridized carbons (Fsp3) is 1.00. The highest BCUT2D eigenvalue weighted by atomic mass is 33.1. The average Bonchev–Trinajstić information content (AvgIpc) is 2.86. The van der Waals surface area contributed by atoms with Gasteiger partial charge in [-0.15, -0.1) is 0 Å². The van der Waals surface area contributed by atoms with Crippen molar-refractivity contribution >= 4 is 21.6 Å². The Morgan fingerprint density at radius 2 is 1.71 bits per heavy atom. The minimum atomic E-state index is 0.623. The fourth-order valence-electron chi connectivity index (χ4n) is 2.78. The monoisotopic (exact) mass is 274 g/mol. The topological polar surface area (TPSA) is 0 Å². The molecule has 0 bridgehead atoms. The molecule has 0 aromatic carbocycles. The van der Waals surface area contributed by atoms with Crippen LogP contribution >= 0.6 is 21.6 Å². The molecule has 0 amide bonds. The quantitative estimate of drug-likeness (QED) is 0.357. The van der Waals surface area contributed by atoms with Crippen molar-refractivity contribution in [2.75, 3.05) is 5.75 Å². The summed E-state index contributed by atoms with van der Waals surface area (Å²) < 4.78 is 0. The molecule has 0 saturated carbocycles. The zero-order chi connectivity index (χ0) is 12.6. The molecule has 0 aromatic heterocycles. The molecule has 0 aliphatic carbocycles. The van der Waals surface area contributed by atoms with Gasteiger partial charge in [-0.25, -0.2) is 0 Å². The van der Waals surface area contributed by atoms with Crippen LogP contribution in [-0.2, 0) is 0 Å². The SMILES string of the molecule is CCCCCCC(C)(CCCC)C1CCSS1. The van der Waals surface area contributed by atoms with Gasteiger partial charge in [0.2, 0.25) is 0 Å². The summed E-state index contributed by atoms with van der Waals surface area (Å²) in [4.78, 5) is 0. The van der Waals surface area contributed by atoms with Crippen LogP contribution in [0.1, 0.15) is 78.6 Å². The van der Waals surface area contributed by atoms with E-state index in [-0.39, 0.29) is 0 Å². The molecule has 1 aliphatic rings. The van der Waals surface area contributed by atoms with E-state index >= 15 is 0 Å². The maximum atomic E-state index is 2.57. The minimum absolute atomic E-state index is 0.623. The van der Waals surface area contributed by atoms with Crippen molar-refractivity contribution in [3.63, 3.8) is 0 Å². The van der Waals surface area contributed by atoms with Crippen molar-refractivity contribution < 1.29 is 0 Å². The van der Waals surface area contributed by atoms with Crippen LogP contribution in [-0.4, -0.2) is 11.0 Å². The molecule has 102 valence electrons. The van der Waals surface area contributed by atoms with Crippen molar-refractivity contribution in [3.05, 3.63) is 0 Å². The molecule has 1 rings (SSSR count). The van der Waals surface area contributed by atoms with E-state index in [1.165, 1.54) is 63.5 Å². The van der Waals surface area contributed by atoms with Gasteiger partial charge in [-0.05, 0) is 24.7 Å². The lowest BCUT2D eigenvalue weighted by atomic mass is 9.76. The van der Waals surface area contributed by atoms with Gasteiger partial charge in [0.15, 0.2) is 0 Å². The Labute approximate surface area is 116 Å². The van der Waals surface area contributed by atoms with Gasteiger partial charge in [0, 0.05) is 11.0 Å². The van der Waals surface area contributed by atoms with Crippen molar-refractivity contribution in [3.8, 4) is 0 Å². The number of hydrogen-bond donors (Lipinski definition) is 0. The number of hydrogen-bond acceptors (Lipinski definition) is 2. The smallest absolute Gasteiger partial charge is 0.0213 e. The van der Waals surface area contributed by atoms with Crippen LogP contribution in [0.4, 0.5) is 0 Å². The maximum absolute atomic E-state index is 2.57. The second kappa shape index (κ2) is 8.74. The van der Waals surface area contributed by atoms with Gasteiger partial charge < -0.3 is 0 Å². The maximum Gasteiger partial charge on any atom is 0.0213 e. The second-order valence-electron chi connectivity index (χ2n) is 5.76. The lowest BCUT2D eigenvalue weighted by Crippen LogP contribution is -2.28. The third-order valence-electron chi connectivity index (χ3n) is 4.13. The fourth-order valence-corrected chi connectivity index (χ4v) is 6.26. The zero-order valence-electron chi connectivity index (χ0n) is 12.0. The van der Waals surface area contributed by atoms with Crippen molar-refractivity contribution in [1.29, 1.82) is 0 Å². The van der Waals surface area contributed by atoms with Gasteiger partial charge in [0.25, 0.3) is 0 Å². The molecule has 0 spiro atoms. The van der Waals surface area contributed by atoms with Gasteiger partial charge in [-0.3, -0.25) is 0 Å². The summed E-state index contributed by atoms with van der Waals surface area (Å²) in [6, 6.07) is 0. The van der Waals surface area contributed by atoms with Gasteiger partial charge in [0.05, 0.1) is 0 Å². The van der Waals surface area contributed by atoms with Crippen molar-refractivity contribution in [2.24, 2.45) is 5.41 Å². The highest BCUT2D eigenvalue weighted by molar-refractivity contribution is 8.77. The Morgan fingerprint density at radius 3 is 2.29 bits per heavy atom.